The van der Waals surface area contributed by atoms with E-state index in [1.807, 2.05) is 4.72 Å². The normalized spacial score (nSPS) is 13.1. The number of hydrogen-bond acceptors (Lipinski definition) is 5. The van der Waals surface area contributed by atoms with Crippen LogP contribution in [0.15, 0.2) is 17.0 Å². The summed E-state index contributed by atoms with van der Waals surface area (Å²) in [5.41, 5.74) is 0. The van der Waals surface area contributed by atoms with Crippen LogP contribution in [0, 0.1) is 0 Å². The van der Waals surface area contributed by atoms with E-state index in [-0.39, 0.29) is 20.0 Å². The maximum Gasteiger partial charge on any atom is 0.336 e. The van der Waals surface area contributed by atoms with E-state index < -0.39 is 28.6 Å². The molecular weight excluding hydrogens is 353 g/mol. The van der Waals surface area contributed by atoms with E-state index >= 15 is 0 Å². The van der Waals surface area contributed by atoms with E-state index in [4.69, 9.17) is 34.8 Å². The van der Waals surface area contributed by atoms with Gasteiger partial charge in [-0.25, -0.2) is 17.9 Å². The molecule has 10 heteroatoms. The number of hydrogen-bond donors (Lipinski definition) is 2. The van der Waals surface area contributed by atoms with E-state index in [1.165, 1.54) is 12.1 Å². The molecule has 1 rings (SSSR count). The lowest BCUT2D eigenvalue weighted by Gasteiger charge is -2.12. The molecule has 112 valence electrons. The number of sulfonamides is 1. The monoisotopic (exact) mass is 361 g/mol. The Labute approximate surface area is 130 Å². The number of ether oxygens (including phenoxy) is 1. The van der Waals surface area contributed by atoms with E-state index in [1.54, 1.807) is 0 Å². The number of methoxy groups -OCH3 is 1. The molecule has 6 nitrogen and oxygen atoms in total. The van der Waals surface area contributed by atoms with Crippen LogP contribution < -0.4 is 4.72 Å². The molecule has 0 aliphatic rings. The van der Waals surface area contributed by atoms with E-state index in [0.717, 1.165) is 7.11 Å². The van der Waals surface area contributed by atoms with Gasteiger partial charge in [0.05, 0.1) is 17.2 Å². The predicted octanol–water partition coefficient (Wildman–Crippen LogP) is 1.46. The third kappa shape index (κ3) is 4.21. The van der Waals surface area contributed by atoms with Crippen LogP contribution >= 0.6 is 34.8 Å². The van der Waals surface area contributed by atoms with Gasteiger partial charge in [-0.3, -0.25) is 0 Å². The number of halogens is 3. The van der Waals surface area contributed by atoms with Gasteiger partial charge in [0.1, 0.15) is 4.90 Å². The molecule has 0 amide bonds. The molecule has 0 saturated carbocycles. The average molecular weight is 363 g/mol. The summed E-state index contributed by atoms with van der Waals surface area (Å²) in [7, 11) is -3.05. The largest absolute Gasteiger partial charge is 0.467 e. The second-order valence-corrected chi connectivity index (χ2v) is 6.54. The lowest BCUT2D eigenvalue weighted by Crippen LogP contribution is -2.37. The highest BCUT2D eigenvalue weighted by atomic mass is 35.5. The third-order valence-corrected chi connectivity index (χ3v) is 4.73. The van der Waals surface area contributed by atoms with E-state index in [0.29, 0.717) is 0 Å². The lowest BCUT2D eigenvalue weighted by atomic mass is 10.4. The van der Waals surface area contributed by atoms with Crippen molar-refractivity contribution < 1.29 is 23.1 Å². The van der Waals surface area contributed by atoms with Gasteiger partial charge < -0.3 is 9.84 Å². The van der Waals surface area contributed by atoms with Gasteiger partial charge in [0, 0.05) is 11.6 Å². The molecule has 0 aromatic heterocycles. The molecular formula is C10H10Cl3NO5S. The first-order valence-corrected chi connectivity index (χ1v) is 7.71. The Morgan fingerprint density at radius 1 is 1.35 bits per heavy atom. The molecule has 0 aliphatic heterocycles. The predicted molar refractivity (Wildman–Crippen MR) is 74.7 cm³/mol. The first-order valence-electron chi connectivity index (χ1n) is 5.09. The Balaban J connectivity index is 2.98. The fourth-order valence-corrected chi connectivity index (χ4v) is 3.85. The van der Waals surface area contributed by atoms with Crippen molar-refractivity contribution in [2.45, 2.75) is 11.0 Å². The van der Waals surface area contributed by atoms with Crippen LogP contribution in [0.2, 0.25) is 15.1 Å². The summed E-state index contributed by atoms with van der Waals surface area (Å²) in [6.07, 6.45) is -1.64. The molecule has 0 heterocycles. The fourth-order valence-electron chi connectivity index (χ4n) is 1.27. The summed E-state index contributed by atoms with van der Waals surface area (Å²) in [6, 6.07) is 2.42. The van der Waals surface area contributed by atoms with Crippen LogP contribution in [0.1, 0.15) is 0 Å². The zero-order valence-electron chi connectivity index (χ0n) is 10.1. The highest BCUT2D eigenvalue weighted by Gasteiger charge is 2.25. The minimum absolute atomic E-state index is 0.175. The minimum atomic E-state index is -4.12. The summed E-state index contributed by atoms with van der Waals surface area (Å²) in [6.45, 7) is -0.579. The highest BCUT2D eigenvalue weighted by Crippen LogP contribution is 2.32. The Morgan fingerprint density at radius 3 is 2.30 bits per heavy atom. The number of esters is 1. The Morgan fingerprint density at radius 2 is 1.85 bits per heavy atom. The summed E-state index contributed by atoms with van der Waals surface area (Å²) in [5, 5.41) is 9.14. The van der Waals surface area contributed by atoms with Crippen LogP contribution in [0.4, 0.5) is 0 Å². The standard InChI is InChI=1S/C10H10Cl3NO5S/c1-19-10(16)8(15)4-14-20(17,18)9-6(12)2-5(11)3-7(9)13/h2-3,8,14-15H,4H2,1H3. The van der Waals surface area contributed by atoms with E-state index in [2.05, 4.69) is 4.74 Å². The van der Waals surface area contributed by atoms with Crippen molar-refractivity contribution in [3.05, 3.63) is 27.2 Å². The van der Waals surface area contributed by atoms with Crippen LogP contribution in [0.5, 0.6) is 0 Å². The number of carbonyl (C=O) groups is 1. The van der Waals surface area contributed by atoms with Crippen LogP contribution in [-0.4, -0.2) is 39.3 Å². The van der Waals surface area contributed by atoms with Gasteiger partial charge in [-0.1, -0.05) is 34.8 Å². The molecule has 0 aliphatic carbocycles. The summed E-state index contributed by atoms with van der Waals surface area (Å²) in [5.74, 6) is -0.971. The quantitative estimate of drug-likeness (QED) is 0.774. The fraction of sp³-hybridized carbons (Fsp3) is 0.300. The van der Waals surface area contributed by atoms with Crippen LogP contribution in [-0.2, 0) is 19.6 Å². The second kappa shape index (κ2) is 6.93. The molecule has 1 aromatic rings. The minimum Gasteiger partial charge on any atom is -0.467 e. The van der Waals surface area contributed by atoms with Gasteiger partial charge in [-0.2, -0.15) is 0 Å². The maximum atomic E-state index is 12.0. The van der Waals surface area contributed by atoms with Crippen molar-refractivity contribution >= 4 is 50.8 Å². The smallest absolute Gasteiger partial charge is 0.336 e. The van der Waals surface area contributed by atoms with Gasteiger partial charge in [-0.05, 0) is 12.1 Å². The van der Waals surface area contributed by atoms with Crippen molar-refractivity contribution in [3.63, 3.8) is 0 Å². The zero-order chi connectivity index (χ0) is 15.5. The third-order valence-electron chi connectivity index (χ3n) is 2.17. The van der Waals surface area contributed by atoms with Crippen molar-refractivity contribution in [3.8, 4) is 0 Å². The van der Waals surface area contributed by atoms with Crippen molar-refractivity contribution in [2.24, 2.45) is 0 Å². The van der Waals surface area contributed by atoms with E-state index in [9.17, 15) is 18.3 Å². The molecule has 0 fully saturated rings. The highest BCUT2D eigenvalue weighted by molar-refractivity contribution is 7.89. The number of benzene rings is 1. The first kappa shape index (κ1) is 17.5. The molecule has 2 N–H and O–H groups in total. The Bertz CT molecular complexity index is 596. The zero-order valence-corrected chi connectivity index (χ0v) is 13.1. The summed E-state index contributed by atoms with van der Waals surface area (Å²) in [4.78, 5) is 10.6. The first-order chi connectivity index (χ1) is 9.19. The summed E-state index contributed by atoms with van der Waals surface area (Å²) < 4.78 is 30.3. The molecule has 1 aromatic carbocycles. The van der Waals surface area contributed by atoms with Gasteiger partial charge in [0.15, 0.2) is 6.10 Å². The second-order valence-electron chi connectivity index (χ2n) is 3.59. The van der Waals surface area contributed by atoms with Crippen LogP contribution in [0.3, 0.4) is 0 Å². The van der Waals surface area contributed by atoms with Crippen LogP contribution in [0.25, 0.3) is 0 Å². The Kier molecular flexibility index (Phi) is 6.06. The SMILES string of the molecule is COC(=O)C(O)CNS(=O)(=O)c1c(Cl)cc(Cl)cc1Cl. The maximum absolute atomic E-state index is 12.0. The van der Waals surface area contributed by atoms with Crippen molar-refractivity contribution in [1.82, 2.24) is 4.72 Å². The number of aliphatic hydroxyl groups is 1. The van der Waals surface area contributed by atoms with Gasteiger partial charge in [0.25, 0.3) is 0 Å². The Hall–Kier alpha value is -0.570. The molecule has 0 radical (unpaired) electrons. The van der Waals surface area contributed by atoms with Crippen molar-refractivity contribution in [1.29, 1.82) is 0 Å². The van der Waals surface area contributed by atoms with Gasteiger partial charge in [-0.15, -0.1) is 0 Å². The topological polar surface area (TPSA) is 92.7 Å². The molecule has 0 saturated heterocycles. The molecule has 20 heavy (non-hydrogen) atoms. The number of rotatable bonds is 5. The lowest BCUT2D eigenvalue weighted by molar-refractivity contribution is -0.149. The molecule has 0 bridgehead atoms. The average Bonchev–Trinajstić information content (AvgIpc) is 2.33. The number of nitrogens with one attached hydrogen (secondary N) is 1. The number of aliphatic hydroxyl groups excluding tert-OH is 1. The molecule has 1 unspecified atom stereocenters. The van der Waals surface area contributed by atoms with Gasteiger partial charge >= 0.3 is 5.97 Å². The van der Waals surface area contributed by atoms with Crippen molar-refractivity contribution in [2.75, 3.05) is 13.7 Å². The molecule has 0 spiro atoms. The summed E-state index contributed by atoms with van der Waals surface area (Å²) >= 11 is 17.2. The molecule has 1 atom stereocenters. The van der Waals surface area contributed by atoms with Gasteiger partial charge in [0.2, 0.25) is 10.0 Å². The number of carbonyl (C=O) groups excluding carboxylic acids is 1.